The van der Waals surface area contributed by atoms with Crippen molar-refractivity contribution in [3.8, 4) is 6.07 Å². The first-order chi connectivity index (χ1) is 8.27. The number of halogens is 1. The van der Waals surface area contributed by atoms with Crippen molar-refractivity contribution in [1.29, 1.82) is 5.26 Å². The van der Waals surface area contributed by atoms with Crippen molar-refractivity contribution in [2.24, 2.45) is 0 Å². The van der Waals surface area contributed by atoms with Crippen molar-refractivity contribution in [3.63, 3.8) is 0 Å². The maximum absolute atomic E-state index is 8.86. The van der Waals surface area contributed by atoms with E-state index < -0.39 is 7.12 Å². The van der Waals surface area contributed by atoms with Crippen molar-refractivity contribution in [3.05, 3.63) is 22.3 Å². The Kier molecular flexibility index (Phi) is 3.26. The van der Waals surface area contributed by atoms with E-state index in [2.05, 4.69) is 27.0 Å². The van der Waals surface area contributed by atoms with Crippen LogP contribution in [-0.2, 0) is 9.31 Å². The fourth-order valence-electron chi connectivity index (χ4n) is 1.63. The van der Waals surface area contributed by atoms with Crippen LogP contribution < -0.4 is 5.59 Å². The highest BCUT2D eigenvalue weighted by molar-refractivity contribution is 9.10. The van der Waals surface area contributed by atoms with Gasteiger partial charge in [0.15, 0.2) is 0 Å². The van der Waals surface area contributed by atoms with Gasteiger partial charge >= 0.3 is 7.12 Å². The highest BCUT2D eigenvalue weighted by Crippen LogP contribution is 2.36. The molecule has 0 saturated carbocycles. The van der Waals surface area contributed by atoms with E-state index in [1.54, 1.807) is 12.1 Å². The molecule has 1 aromatic heterocycles. The molecule has 0 spiro atoms. The number of nitriles is 1. The molecule has 4 nitrogen and oxygen atoms in total. The quantitative estimate of drug-likeness (QED) is 0.588. The van der Waals surface area contributed by atoms with E-state index in [1.807, 2.05) is 27.7 Å². The van der Waals surface area contributed by atoms with E-state index in [0.717, 1.165) is 0 Å². The van der Waals surface area contributed by atoms with Crippen LogP contribution in [0.2, 0.25) is 0 Å². The number of rotatable bonds is 1. The summed E-state index contributed by atoms with van der Waals surface area (Å²) in [7, 11) is -0.501. The molecule has 1 aliphatic heterocycles. The van der Waals surface area contributed by atoms with Gasteiger partial charge in [-0.1, -0.05) is 0 Å². The maximum Gasteiger partial charge on any atom is 0.514 e. The summed E-state index contributed by atoms with van der Waals surface area (Å²) in [5, 5.41) is 8.86. The minimum atomic E-state index is -0.501. The van der Waals surface area contributed by atoms with Gasteiger partial charge in [-0.3, -0.25) is 0 Å². The van der Waals surface area contributed by atoms with E-state index in [-0.39, 0.29) is 11.2 Å². The third-order valence-corrected chi connectivity index (χ3v) is 4.09. The van der Waals surface area contributed by atoms with Gasteiger partial charge in [0, 0.05) is 0 Å². The van der Waals surface area contributed by atoms with Crippen LogP contribution in [0, 0.1) is 11.3 Å². The van der Waals surface area contributed by atoms with E-state index in [1.165, 1.54) is 0 Å². The molecule has 2 heterocycles. The highest BCUT2D eigenvalue weighted by Gasteiger charge is 2.52. The summed E-state index contributed by atoms with van der Waals surface area (Å²) in [5.41, 5.74) is 0.384. The summed E-state index contributed by atoms with van der Waals surface area (Å²) in [4.78, 5) is 4.30. The molecule has 94 valence electrons. The molecule has 0 N–H and O–H groups in total. The lowest BCUT2D eigenvalue weighted by Crippen LogP contribution is -2.41. The zero-order valence-corrected chi connectivity index (χ0v) is 12.4. The molecule has 1 fully saturated rings. The lowest BCUT2D eigenvalue weighted by molar-refractivity contribution is 0.00578. The molecular weight excluding hydrogens is 295 g/mol. The molecule has 1 saturated heterocycles. The van der Waals surface area contributed by atoms with Gasteiger partial charge in [-0.15, -0.1) is 0 Å². The standard InChI is InChI=1S/C12H14BBrN2O2/c1-11(2)12(3,4)18-13(17-11)9-6-5-8(7-15)10(14)16-9/h5-6H,1-4H3. The topological polar surface area (TPSA) is 55.1 Å². The van der Waals surface area contributed by atoms with Crippen molar-refractivity contribution >= 4 is 28.6 Å². The second-order valence-electron chi connectivity index (χ2n) is 5.27. The van der Waals surface area contributed by atoms with Crippen LogP contribution in [0.3, 0.4) is 0 Å². The number of hydrogen-bond acceptors (Lipinski definition) is 4. The normalized spacial score (nSPS) is 20.8. The second-order valence-corrected chi connectivity index (χ2v) is 6.03. The van der Waals surface area contributed by atoms with Crippen molar-refractivity contribution in [2.75, 3.05) is 0 Å². The Labute approximate surface area is 116 Å². The Hall–Kier alpha value is -0.895. The Balaban J connectivity index is 2.31. The van der Waals surface area contributed by atoms with Gasteiger partial charge in [0.2, 0.25) is 0 Å². The Morgan fingerprint density at radius 1 is 1.22 bits per heavy atom. The average molecular weight is 309 g/mol. The van der Waals surface area contributed by atoms with Gasteiger partial charge in [0.05, 0.1) is 22.4 Å². The molecule has 0 aromatic carbocycles. The molecule has 0 atom stereocenters. The largest absolute Gasteiger partial charge is 0.514 e. The van der Waals surface area contributed by atoms with Crippen molar-refractivity contribution in [1.82, 2.24) is 4.98 Å². The molecule has 0 aliphatic carbocycles. The fraction of sp³-hybridized carbons (Fsp3) is 0.500. The van der Waals surface area contributed by atoms with Crippen LogP contribution in [0.25, 0.3) is 0 Å². The predicted molar refractivity (Wildman–Crippen MR) is 72.4 cm³/mol. The monoisotopic (exact) mass is 308 g/mol. The zero-order chi connectivity index (χ0) is 13.6. The van der Waals surface area contributed by atoms with Gasteiger partial charge in [0.1, 0.15) is 10.7 Å². The molecule has 1 aromatic rings. The van der Waals surface area contributed by atoms with E-state index in [9.17, 15) is 0 Å². The van der Waals surface area contributed by atoms with Gasteiger partial charge < -0.3 is 9.31 Å². The van der Waals surface area contributed by atoms with Crippen molar-refractivity contribution < 1.29 is 9.31 Å². The molecule has 18 heavy (non-hydrogen) atoms. The van der Waals surface area contributed by atoms with Crippen LogP contribution >= 0.6 is 15.9 Å². The number of pyridine rings is 1. The smallest absolute Gasteiger partial charge is 0.398 e. The van der Waals surface area contributed by atoms with Gasteiger partial charge in [-0.2, -0.15) is 5.26 Å². The molecule has 0 amide bonds. The zero-order valence-electron chi connectivity index (χ0n) is 10.8. The minimum Gasteiger partial charge on any atom is -0.398 e. The van der Waals surface area contributed by atoms with Crippen LogP contribution in [-0.4, -0.2) is 23.3 Å². The molecular formula is C12H14BBrN2O2. The molecule has 0 unspecified atom stereocenters. The summed E-state index contributed by atoms with van der Waals surface area (Å²) in [6, 6.07) is 5.52. The Morgan fingerprint density at radius 2 is 1.78 bits per heavy atom. The van der Waals surface area contributed by atoms with Gasteiger partial charge in [-0.05, 0) is 55.8 Å². The van der Waals surface area contributed by atoms with Crippen molar-refractivity contribution in [2.45, 2.75) is 38.9 Å². The van der Waals surface area contributed by atoms with Gasteiger partial charge in [0.25, 0.3) is 0 Å². The number of nitrogens with zero attached hydrogens (tertiary/aromatic N) is 2. The van der Waals surface area contributed by atoms with Crippen LogP contribution in [0.5, 0.6) is 0 Å². The molecule has 6 heteroatoms. The fourth-order valence-corrected chi connectivity index (χ4v) is 2.05. The summed E-state index contributed by atoms with van der Waals surface area (Å²) in [6.45, 7) is 7.97. The Bertz CT molecular complexity index is 509. The summed E-state index contributed by atoms with van der Waals surface area (Å²) < 4.78 is 12.3. The first-order valence-corrected chi connectivity index (χ1v) is 6.48. The van der Waals surface area contributed by atoms with Crippen LogP contribution in [0.1, 0.15) is 33.3 Å². The molecule has 1 aliphatic rings. The third kappa shape index (κ3) is 2.18. The minimum absolute atomic E-state index is 0.389. The SMILES string of the molecule is CC1(C)OB(c2ccc(C#N)c(Br)n2)OC1(C)C. The summed E-state index contributed by atoms with van der Waals surface area (Å²) in [6.07, 6.45) is 0. The first-order valence-electron chi connectivity index (χ1n) is 5.69. The third-order valence-electron chi connectivity index (χ3n) is 3.49. The second kappa shape index (κ2) is 4.34. The lowest BCUT2D eigenvalue weighted by atomic mass is 9.84. The highest BCUT2D eigenvalue weighted by atomic mass is 79.9. The molecule has 0 radical (unpaired) electrons. The predicted octanol–water partition coefficient (Wildman–Crippen LogP) is 2.01. The van der Waals surface area contributed by atoms with E-state index in [4.69, 9.17) is 14.6 Å². The lowest BCUT2D eigenvalue weighted by Gasteiger charge is -2.32. The maximum atomic E-state index is 8.86. The van der Waals surface area contributed by atoms with E-state index >= 15 is 0 Å². The number of aromatic nitrogens is 1. The molecule has 2 rings (SSSR count). The van der Waals surface area contributed by atoms with Gasteiger partial charge in [-0.25, -0.2) is 4.98 Å². The van der Waals surface area contributed by atoms with E-state index in [0.29, 0.717) is 15.8 Å². The average Bonchev–Trinajstić information content (AvgIpc) is 2.48. The van der Waals surface area contributed by atoms with Crippen LogP contribution in [0.4, 0.5) is 0 Å². The summed E-state index contributed by atoms with van der Waals surface area (Å²) >= 11 is 3.27. The first kappa shape index (κ1) is 13.5. The summed E-state index contributed by atoms with van der Waals surface area (Å²) in [5.74, 6) is 0. The molecule has 0 bridgehead atoms. The Morgan fingerprint density at radius 3 is 2.22 bits per heavy atom. The number of hydrogen-bond donors (Lipinski definition) is 0. The van der Waals surface area contributed by atoms with Crippen LogP contribution in [0.15, 0.2) is 16.7 Å².